The molecule has 0 aromatic carbocycles. The van der Waals surface area contributed by atoms with Crippen molar-refractivity contribution < 1.29 is 18.1 Å². The van der Waals surface area contributed by atoms with Crippen LogP contribution in [0, 0.1) is 12.3 Å². The van der Waals surface area contributed by atoms with Gasteiger partial charge in [0.2, 0.25) is 0 Å². The third-order valence-electron chi connectivity index (χ3n) is 1.54. The summed E-state index contributed by atoms with van der Waals surface area (Å²) < 4.78 is 27.3. The van der Waals surface area contributed by atoms with E-state index in [0.717, 1.165) is 0 Å². The van der Waals surface area contributed by atoms with Gasteiger partial charge in [-0.1, -0.05) is 18.1 Å². The molecule has 1 atom stereocenters. The SMILES string of the molecule is C#CC(C)(C)OP(=O)(OCC)OC/C=C/C. The van der Waals surface area contributed by atoms with Gasteiger partial charge in [0.1, 0.15) is 5.60 Å². The molecule has 5 heteroatoms. The maximum absolute atomic E-state index is 12.1. The summed E-state index contributed by atoms with van der Waals surface area (Å²) >= 11 is 0. The highest BCUT2D eigenvalue weighted by Gasteiger charge is 2.33. The Morgan fingerprint density at radius 3 is 2.50 bits per heavy atom. The first kappa shape index (κ1) is 15.4. The molecule has 0 saturated carbocycles. The van der Waals surface area contributed by atoms with Gasteiger partial charge in [-0.2, -0.15) is 0 Å². The lowest BCUT2D eigenvalue weighted by Gasteiger charge is -2.24. The van der Waals surface area contributed by atoms with Crippen LogP contribution in [0.5, 0.6) is 0 Å². The fourth-order valence-electron chi connectivity index (χ4n) is 0.784. The van der Waals surface area contributed by atoms with Crippen LogP contribution in [0.2, 0.25) is 0 Å². The zero-order chi connectivity index (χ0) is 12.7. The highest BCUT2D eigenvalue weighted by atomic mass is 31.2. The van der Waals surface area contributed by atoms with Crippen LogP contribution in [0.15, 0.2) is 12.2 Å². The Morgan fingerprint density at radius 1 is 1.44 bits per heavy atom. The Balaban J connectivity index is 4.58. The van der Waals surface area contributed by atoms with E-state index in [1.165, 1.54) is 0 Å². The number of phosphoric ester groups is 1. The number of hydrogen-bond donors (Lipinski definition) is 0. The highest BCUT2D eigenvalue weighted by molar-refractivity contribution is 7.48. The van der Waals surface area contributed by atoms with E-state index in [4.69, 9.17) is 20.0 Å². The third-order valence-corrected chi connectivity index (χ3v) is 3.26. The van der Waals surface area contributed by atoms with Crippen molar-refractivity contribution in [1.82, 2.24) is 0 Å². The first-order valence-corrected chi connectivity index (χ1v) is 6.54. The van der Waals surface area contributed by atoms with E-state index in [9.17, 15) is 4.57 Å². The first-order valence-electron chi connectivity index (χ1n) is 5.08. The summed E-state index contributed by atoms with van der Waals surface area (Å²) in [4.78, 5) is 0. The van der Waals surface area contributed by atoms with Gasteiger partial charge in [0.25, 0.3) is 0 Å². The van der Waals surface area contributed by atoms with Crippen molar-refractivity contribution in [3.8, 4) is 12.3 Å². The van der Waals surface area contributed by atoms with E-state index in [1.807, 2.05) is 6.92 Å². The van der Waals surface area contributed by atoms with Crippen LogP contribution in [-0.4, -0.2) is 18.8 Å². The molecule has 0 amide bonds. The van der Waals surface area contributed by atoms with Gasteiger partial charge >= 0.3 is 7.82 Å². The minimum absolute atomic E-state index is 0.161. The van der Waals surface area contributed by atoms with Crippen molar-refractivity contribution in [3.63, 3.8) is 0 Å². The molecule has 0 aliphatic heterocycles. The molecule has 0 aliphatic carbocycles. The average Bonchev–Trinajstić information content (AvgIpc) is 2.17. The van der Waals surface area contributed by atoms with Crippen molar-refractivity contribution >= 4 is 7.82 Å². The summed E-state index contributed by atoms with van der Waals surface area (Å²) in [6.45, 7) is 7.18. The lowest BCUT2D eigenvalue weighted by Crippen LogP contribution is -2.21. The Bertz CT molecular complexity index is 314. The van der Waals surface area contributed by atoms with Gasteiger partial charge in [-0.15, -0.1) is 6.42 Å². The summed E-state index contributed by atoms with van der Waals surface area (Å²) in [5.74, 6) is 2.37. The summed E-state index contributed by atoms with van der Waals surface area (Å²) in [7, 11) is -3.58. The van der Waals surface area contributed by atoms with Gasteiger partial charge in [0.05, 0.1) is 13.2 Å². The third kappa shape index (κ3) is 6.09. The molecule has 4 nitrogen and oxygen atoms in total. The topological polar surface area (TPSA) is 44.8 Å². The van der Waals surface area contributed by atoms with Gasteiger partial charge in [-0.3, -0.25) is 13.6 Å². The van der Waals surface area contributed by atoms with Crippen molar-refractivity contribution in [1.29, 1.82) is 0 Å². The Kier molecular flexibility index (Phi) is 6.62. The molecule has 0 spiro atoms. The zero-order valence-electron chi connectivity index (χ0n) is 10.2. The van der Waals surface area contributed by atoms with Crippen LogP contribution < -0.4 is 0 Å². The number of terminal acetylenes is 1. The van der Waals surface area contributed by atoms with E-state index in [-0.39, 0.29) is 13.2 Å². The van der Waals surface area contributed by atoms with Gasteiger partial charge in [-0.05, 0) is 27.7 Å². The fraction of sp³-hybridized carbons (Fsp3) is 0.636. The van der Waals surface area contributed by atoms with Crippen LogP contribution in [-0.2, 0) is 18.1 Å². The van der Waals surface area contributed by atoms with Gasteiger partial charge < -0.3 is 0 Å². The monoisotopic (exact) mass is 246 g/mol. The molecule has 0 aliphatic rings. The highest BCUT2D eigenvalue weighted by Crippen LogP contribution is 2.52. The molecule has 0 N–H and O–H groups in total. The van der Waals surface area contributed by atoms with Crippen LogP contribution >= 0.6 is 7.82 Å². The largest absolute Gasteiger partial charge is 0.476 e. The van der Waals surface area contributed by atoms with E-state index in [2.05, 4.69) is 5.92 Å². The molecule has 0 aromatic rings. The minimum Gasteiger partial charge on any atom is -0.287 e. The normalized spacial score (nSPS) is 15.9. The second-order valence-electron chi connectivity index (χ2n) is 3.48. The number of rotatable bonds is 7. The maximum Gasteiger partial charge on any atom is 0.476 e. The van der Waals surface area contributed by atoms with Crippen molar-refractivity contribution in [2.75, 3.05) is 13.2 Å². The molecule has 0 radical (unpaired) electrons. The molecule has 16 heavy (non-hydrogen) atoms. The predicted molar refractivity (Wildman–Crippen MR) is 64.0 cm³/mol. The summed E-state index contributed by atoms with van der Waals surface area (Å²) in [5.41, 5.74) is -0.985. The molecule has 92 valence electrons. The van der Waals surface area contributed by atoms with Crippen molar-refractivity contribution in [2.45, 2.75) is 33.3 Å². The van der Waals surface area contributed by atoms with Crippen LogP contribution in [0.4, 0.5) is 0 Å². The lowest BCUT2D eigenvalue weighted by atomic mass is 10.2. The quantitative estimate of drug-likeness (QED) is 0.393. The molecule has 0 bridgehead atoms. The van der Waals surface area contributed by atoms with Crippen LogP contribution in [0.1, 0.15) is 27.7 Å². The first-order chi connectivity index (χ1) is 7.39. The Morgan fingerprint density at radius 2 is 2.06 bits per heavy atom. The Labute approximate surface area is 97.6 Å². The Hall–Kier alpha value is -0.590. The summed E-state index contributed by atoms with van der Waals surface area (Å²) in [6, 6.07) is 0. The van der Waals surface area contributed by atoms with E-state index in [0.29, 0.717) is 0 Å². The molecule has 1 unspecified atom stereocenters. The molecule has 0 aromatic heterocycles. The second kappa shape index (κ2) is 6.88. The molecule has 0 heterocycles. The lowest BCUT2D eigenvalue weighted by molar-refractivity contribution is 0.0709. The fourth-order valence-corrected chi connectivity index (χ4v) is 2.16. The molecule has 0 rings (SSSR count). The maximum atomic E-state index is 12.1. The molecular weight excluding hydrogens is 227 g/mol. The number of phosphoric acid groups is 1. The summed E-state index contributed by atoms with van der Waals surface area (Å²) in [6.07, 6.45) is 8.73. The van der Waals surface area contributed by atoms with Gasteiger partial charge in [0, 0.05) is 0 Å². The standard InChI is InChI=1S/C11H19O4P/c1-6-9-10-14-16(12,13-8-3)15-11(4,5)7-2/h2,6,9H,8,10H2,1,3-5H3/b9-6+. The van der Waals surface area contributed by atoms with E-state index >= 15 is 0 Å². The van der Waals surface area contributed by atoms with E-state index < -0.39 is 13.4 Å². The predicted octanol–water partition coefficient (Wildman–Crippen LogP) is 3.15. The number of allylic oxidation sites excluding steroid dienone is 1. The van der Waals surface area contributed by atoms with Gasteiger partial charge in [-0.25, -0.2) is 4.57 Å². The van der Waals surface area contributed by atoms with Crippen molar-refractivity contribution in [2.24, 2.45) is 0 Å². The smallest absolute Gasteiger partial charge is 0.287 e. The van der Waals surface area contributed by atoms with Crippen LogP contribution in [0.3, 0.4) is 0 Å². The molecular formula is C11H19O4P. The minimum atomic E-state index is -3.58. The second-order valence-corrected chi connectivity index (χ2v) is 5.07. The summed E-state index contributed by atoms with van der Waals surface area (Å²) in [5, 5.41) is 0. The van der Waals surface area contributed by atoms with E-state index in [1.54, 1.807) is 32.9 Å². The molecule has 0 saturated heterocycles. The average molecular weight is 246 g/mol. The zero-order valence-corrected chi connectivity index (χ0v) is 11.1. The van der Waals surface area contributed by atoms with Crippen molar-refractivity contribution in [3.05, 3.63) is 12.2 Å². The van der Waals surface area contributed by atoms with Crippen LogP contribution in [0.25, 0.3) is 0 Å². The number of hydrogen-bond acceptors (Lipinski definition) is 4. The van der Waals surface area contributed by atoms with Gasteiger partial charge in [0.15, 0.2) is 0 Å². The molecule has 0 fully saturated rings.